The van der Waals surface area contributed by atoms with Crippen molar-refractivity contribution in [2.24, 2.45) is 5.92 Å². The molecule has 0 unspecified atom stereocenters. The van der Waals surface area contributed by atoms with Gasteiger partial charge in [0.05, 0.1) is 13.7 Å². The second kappa shape index (κ2) is 9.26. The number of carbonyl (C=O) groups excluding carboxylic acids is 2. The van der Waals surface area contributed by atoms with Gasteiger partial charge in [-0.1, -0.05) is 6.92 Å². The Morgan fingerprint density at radius 3 is 2.39 bits per heavy atom. The lowest BCUT2D eigenvalue weighted by molar-refractivity contribution is -0.130. The van der Waals surface area contributed by atoms with Crippen LogP contribution in [0, 0.1) is 5.92 Å². The molecule has 148 valence electrons. The molecule has 0 bridgehead atoms. The number of methoxy groups -OCH3 is 1. The fraction of sp³-hybridized carbons (Fsp3) is 0.364. The van der Waals surface area contributed by atoms with Crippen LogP contribution in [0.5, 0.6) is 5.75 Å². The summed E-state index contributed by atoms with van der Waals surface area (Å²) in [5.74, 6) is 1.24. The number of piperidine rings is 1. The smallest absolute Gasteiger partial charge is 0.255 e. The highest BCUT2D eigenvalue weighted by Crippen LogP contribution is 2.18. The van der Waals surface area contributed by atoms with Gasteiger partial charge in [-0.05, 0) is 67.3 Å². The summed E-state index contributed by atoms with van der Waals surface area (Å²) in [6.07, 6.45) is 2.27. The van der Waals surface area contributed by atoms with Crippen molar-refractivity contribution in [1.29, 1.82) is 0 Å². The fourth-order valence-electron chi connectivity index (χ4n) is 3.32. The SMILES string of the molecule is COc1ccc(NC(=O)c2ccc(NCC(=O)N3CCC[C@H](C)C3)cc2)cc1. The van der Waals surface area contributed by atoms with E-state index >= 15 is 0 Å². The number of likely N-dealkylation sites (tertiary alicyclic amines) is 1. The summed E-state index contributed by atoms with van der Waals surface area (Å²) < 4.78 is 5.11. The number of benzene rings is 2. The molecule has 0 aliphatic carbocycles. The van der Waals surface area contributed by atoms with Gasteiger partial charge in [0.25, 0.3) is 5.91 Å². The monoisotopic (exact) mass is 381 g/mol. The van der Waals surface area contributed by atoms with E-state index in [1.807, 2.05) is 17.0 Å². The topological polar surface area (TPSA) is 70.7 Å². The zero-order valence-electron chi connectivity index (χ0n) is 16.4. The summed E-state index contributed by atoms with van der Waals surface area (Å²) in [6.45, 7) is 4.13. The van der Waals surface area contributed by atoms with Gasteiger partial charge in [-0.25, -0.2) is 0 Å². The van der Waals surface area contributed by atoms with Crippen LogP contribution < -0.4 is 15.4 Å². The summed E-state index contributed by atoms with van der Waals surface area (Å²) in [6, 6.07) is 14.3. The molecule has 1 heterocycles. The molecule has 0 aromatic heterocycles. The summed E-state index contributed by atoms with van der Waals surface area (Å²) in [5, 5.41) is 6.00. The Balaban J connectivity index is 1.51. The van der Waals surface area contributed by atoms with Crippen molar-refractivity contribution >= 4 is 23.2 Å². The number of hydrogen-bond donors (Lipinski definition) is 2. The van der Waals surface area contributed by atoms with Crippen LogP contribution in [0.2, 0.25) is 0 Å². The minimum Gasteiger partial charge on any atom is -0.497 e. The fourth-order valence-corrected chi connectivity index (χ4v) is 3.32. The molecule has 2 amide bonds. The maximum Gasteiger partial charge on any atom is 0.255 e. The number of ether oxygens (including phenoxy) is 1. The Bertz CT molecular complexity index is 803. The van der Waals surface area contributed by atoms with Crippen molar-refractivity contribution < 1.29 is 14.3 Å². The van der Waals surface area contributed by atoms with Crippen molar-refractivity contribution in [3.05, 3.63) is 54.1 Å². The number of amides is 2. The van der Waals surface area contributed by atoms with Gasteiger partial charge in [-0.2, -0.15) is 0 Å². The average Bonchev–Trinajstić information content (AvgIpc) is 2.73. The molecule has 6 heteroatoms. The Morgan fingerprint density at radius 1 is 1.07 bits per heavy atom. The van der Waals surface area contributed by atoms with Crippen molar-refractivity contribution in [3.63, 3.8) is 0 Å². The number of carbonyl (C=O) groups is 2. The molecule has 1 aliphatic rings. The number of hydrogen-bond acceptors (Lipinski definition) is 4. The van der Waals surface area contributed by atoms with E-state index in [4.69, 9.17) is 4.74 Å². The average molecular weight is 381 g/mol. The lowest BCUT2D eigenvalue weighted by Crippen LogP contribution is -2.41. The summed E-state index contributed by atoms with van der Waals surface area (Å²) >= 11 is 0. The van der Waals surface area contributed by atoms with Crippen molar-refractivity contribution in [3.8, 4) is 5.75 Å². The second-order valence-corrected chi connectivity index (χ2v) is 7.20. The normalized spacial score (nSPS) is 16.4. The van der Waals surface area contributed by atoms with E-state index in [0.717, 1.165) is 30.9 Å². The highest BCUT2D eigenvalue weighted by atomic mass is 16.5. The van der Waals surface area contributed by atoms with Crippen molar-refractivity contribution in [2.75, 3.05) is 37.4 Å². The maximum atomic E-state index is 12.4. The Morgan fingerprint density at radius 2 is 1.75 bits per heavy atom. The minimum absolute atomic E-state index is 0.118. The van der Waals surface area contributed by atoms with Crippen LogP contribution in [0.15, 0.2) is 48.5 Å². The van der Waals surface area contributed by atoms with E-state index in [2.05, 4.69) is 17.6 Å². The first kappa shape index (κ1) is 19.7. The van der Waals surface area contributed by atoms with Gasteiger partial charge in [-0.3, -0.25) is 9.59 Å². The first-order valence-corrected chi connectivity index (χ1v) is 9.62. The first-order chi connectivity index (χ1) is 13.5. The van der Waals surface area contributed by atoms with E-state index < -0.39 is 0 Å². The van der Waals surface area contributed by atoms with E-state index in [1.54, 1.807) is 43.5 Å². The largest absolute Gasteiger partial charge is 0.497 e. The lowest BCUT2D eigenvalue weighted by Gasteiger charge is -2.31. The third-order valence-electron chi connectivity index (χ3n) is 4.95. The number of nitrogens with zero attached hydrogens (tertiary/aromatic N) is 1. The van der Waals surface area contributed by atoms with Gasteiger partial charge >= 0.3 is 0 Å². The second-order valence-electron chi connectivity index (χ2n) is 7.20. The Hall–Kier alpha value is -3.02. The van der Waals surface area contributed by atoms with E-state index in [0.29, 0.717) is 17.2 Å². The quantitative estimate of drug-likeness (QED) is 0.802. The van der Waals surface area contributed by atoms with Crippen LogP contribution in [-0.4, -0.2) is 43.5 Å². The standard InChI is InChI=1S/C22H27N3O3/c1-16-4-3-13-25(15-16)21(26)14-23-18-7-5-17(6-8-18)22(27)24-19-9-11-20(28-2)12-10-19/h5-12,16,23H,3-4,13-15H2,1-2H3,(H,24,27)/t16-/m0/s1. The van der Waals surface area contributed by atoms with Crippen molar-refractivity contribution in [1.82, 2.24) is 4.90 Å². The molecule has 1 fully saturated rings. The zero-order chi connectivity index (χ0) is 19.9. The molecule has 1 saturated heterocycles. The summed E-state index contributed by atoms with van der Waals surface area (Å²) in [4.78, 5) is 26.6. The molecular formula is C22H27N3O3. The van der Waals surface area contributed by atoms with Gasteiger partial charge in [0.1, 0.15) is 5.75 Å². The van der Waals surface area contributed by atoms with Crippen LogP contribution in [-0.2, 0) is 4.79 Å². The number of rotatable bonds is 6. The minimum atomic E-state index is -0.185. The zero-order valence-corrected chi connectivity index (χ0v) is 16.4. The molecule has 6 nitrogen and oxygen atoms in total. The summed E-state index contributed by atoms with van der Waals surface area (Å²) in [5.41, 5.74) is 2.08. The van der Waals surface area contributed by atoms with Crippen LogP contribution in [0.4, 0.5) is 11.4 Å². The van der Waals surface area contributed by atoms with Gasteiger partial charge < -0.3 is 20.3 Å². The maximum absolute atomic E-state index is 12.4. The molecule has 0 radical (unpaired) electrons. The molecule has 2 aromatic carbocycles. The highest BCUT2D eigenvalue weighted by molar-refractivity contribution is 6.04. The van der Waals surface area contributed by atoms with Crippen molar-refractivity contribution in [2.45, 2.75) is 19.8 Å². The molecule has 1 atom stereocenters. The predicted molar refractivity (Wildman–Crippen MR) is 111 cm³/mol. The Labute approximate surface area is 165 Å². The van der Waals surface area contributed by atoms with Crippen LogP contribution in [0.1, 0.15) is 30.1 Å². The Kier molecular flexibility index (Phi) is 6.53. The number of nitrogens with one attached hydrogen (secondary N) is 2. The van der Waals surface area contributed by atoms with Gasteiger partial charge in [0, 0.05) is 30.0 Å². The highest BCUT2D eigenvalue weighted by Gasteiger charge is 2.20. The molecule has 2 N–H and O–H groups in total. The predicted octanol–water partition coefficient (Wildman–Crippen LogP) is 3.62. The molecule has 1 aliphatic heterocycles. The van der Waals surface area contributed by atoms with Crippen LogP contribution in [0.25, 0.3) is 0 Å². The van der Waals surface area contributed by atoms with Crippen LogP contribution >= 0.6 is 0 Å². The third-order valence-corrected chi connectivity index (χ3v) is 4.95. The van der Waals surface area contributed by atoms with E-state index in [9.17, 15) is 9.59 Å². The molecule has 2 aromatic rings. The number of anilines is 2. The first-order valence-electron chi connectivity index (χ1n) is 9.62. The summed E-state index contributed by atoms with van der Waals surface area (Å²) in [7, 11) is 1.60. The molecule has 0 spiro atoms. The van der Waals surface area contributed by atoms with Gasteiger partial charge in [0.2, 0.25) is 5.91 Å². The third kappa shape index (κ3) is 5.25. The lowest BCUT2D eigenvalue weighted by atomic mass is 10.0. The van der Waals surface area contributed by atoms with E-state index in [1.165, 1.54) is 6.42 Å². The van der Waals surface area contributed by atoms with Gasteiger partial charge in [0.15, 0.2) is 0 Å². The van der Waals surface area contributed by atoms with Gasteiger partial charge in [-0.15, -0.1) is 0 Å². The molecule has 3 rings (SSSR count). The van der Waals surface area contributed by atoms with Crippen LogP contribution in [0.3, 0.4) is 0 Å². The molecule has 28 heavy (non-hydrogen) atoms. The molecule has 0 saturated carbocycles. The van der Waals surface area contributed by atoms with E-state index in [-0.39, 0.29) is 18.4 Å². The molecular weight excluding hydrogens is 354 g/mol.